The number of carbonyl (C=O) groups is 1. The van der Waals surface area contributed by atoms with E-state index >= 15 is 0 Å². The van der Waals surface area contributed by atoms with Gasteiger partial charge in [-0.1, -0.05) is 17.7 Å². The van der Waals surface area contributed by atoms with Crippen molar-refractivity contribution in [1.29, 1.82) is 0 Å². The van der Waals surface area contributed by atoms with Crippen LogP contribution >= 0.6 is 11.6 Å². The Labute approximate surface area is 152 Å². The summed E-state index contributed by atoms with van der Waals surface area (Å²) < 4.78 is 11.0. The van der Waals surface area contributed by atoms with E-state index in [1.807, 2.05) is 39.0 Å². The predicted molar refractivity (Wildman–Crippen MR) is 95.7 cm³/mol. The first-order valence-corrected chi connectivity index (χ1v) is 8.55. The number of methoxy groups -OCH3 is 1. The van der Waals surface area contributed by atoms with Gasteiger partial charge in [0.25, 0.3) is 0 Å². The summed E-state index contributed by atoms with van der Waals surface area (Å²) in [5.41, 5.74) is 2.36. The van der Waals surface area contributed by atoms with E-state index in [-0.39, 0.29) is 17.8 Å². The summed E-state index contributed by atoms with van der Waals surface area (Å²) in [6.07, 6.45) is 2.43. The minimum atomic E-state index is -0.477. The monoisotopic (exact) mass is 360 g/mol. The van der Waals surface area contributed by atoms with Crippen molar-refractivity contribution in [2.24, 2.45) is 5.92 Å². The highest BCUT2D eigenvalue weighted by molar-refractivity contribution is 6.29. The molecule has 2 unspecified atom stereocenters. The molecule has 0 radical (unpaired) electrons. The van der Waals surface area contributed by atoms with Crippen LogP contribution in [0.1, 0.15) is 38.7 Å². The second-order valence-electron chi connectivity index (χ2n) is 7.21. The number of hydrogen-bond acceptors (Lipinski definition) is 5. The molecule has 1 fully saturated rings. The van der Waals surface area contributed by atoms with E-state index < -0.39 is 5.60 Å². The second-order valence-corrected chi connectivity index (χ2v) is 7.59. The van der Waals surface area contributed by atoms with Gasteiger partial charge in [0, 0.05) is 11.5 Å². The number of aromatic nitrogens is 2. The topological polar surface area (TPSA) is 61.3 Å². The molecular weight excluding hydrogens is 340 g/mol. The lowest BCUT2D eigenvalue weighted by atomic mass is 10.0. The number of hydrogen-bond donors (Lipinski definition) is 0. The summed E-state index contributed by atoms with van der Waals surface area (Å²) in [5.74, 6) is 0.601. The summed E-state index contributed by atoms with van der Waals surface area (Å²) in [6, 6.07) is 7.64. The van der Waals surface area contributed by atoms with Crippen molar-refractivity contribution in [3.63, 3.8) is 0 Å². The smallest absolute Gasteiger partial charge is 0.310 e. The fourth-order valence-corrected chi connectivity index (χ4v) is 3.04. The molecule has 0 aliphatic heterocycles. The zero-order chi connectivity index (χ0) is 18.2. The second kappa shape index (κ2) is 6.64. The Bertz CT molecular complexity index is 801. The Morgan fingerprint density at radius 1 is 1.24 bits per heavy atom. The molecule has 6 heteroatoms. The minimum absolute atomic E-state index is 0.106. The Morgan fingerprint density at radius 3 is 2.64 bits per heavy atom. The molecule has 1 aromatic carbocycles. The van der Waals surface area contributed by atoms with Crippen molar-refractivity contribution in [2.75, 3.05) is 7.11 Å². The third kappa shape index (κ3) is 4.10. The maximum absolute atomic E-state index is 12.3. The SMILES string of the molecule is COc1ccc(-c2cnnc(Cl)c2)cc1C1CC1C(=O)OC(C)(C)C. The summed E-state index contributed by atoms with van der Waals surface area (Å²) in [7, 11) is 1.63. The van der Waals surface area contributed by atoms with Crippen LogP contribution < -0.4 is 4.74 Å². The first kappa shape index (κ1) is 17.7. The number of benzene rings is 1. The van der Waals surface area contributed by atoms with Crippen LogP contribution in [0.2, 0.25) is 5.15 Å². The van der Waals surface area contributed by atoms with Crippen molar-refractivity contribution < 1.29 is 14.3 Å². The maximum Gasteiger partial charge on any atom is 0.310 e. The molecule has 2 aromatic rings. The molecule has 2 atom stereocenters. The van der Waals surface area contributed by atoms with Gasteiger partial charge in [-0.15, -0.1) is 5.10 Å². The van der Waals surface area contributed by atoms with E-state index in [9.17, 15) is 4.79 Å². The van der Waals surface area contributed by atoms with Crippen LogP contribution in [0.25, 0.3) is 11.1 Å². The first-order chi connectivity index (χ1) is 11.8. The summed E-state index contributed by atoms with van der Waals surface area (Å²) in [5, 5.41) is 8.00. The van der Waals surface area contributed by atoms with E-state index in [1.54, 1.807) is 19.4 Å². The number of esters is 1. The highest BCUT2D eigenvalue weighted by Crippen LogP contribution is 2.52. The molecule has 1 saturated carbocycles. The molecule has 0 spiro atoms. The third-order valence-corrected chi connectivity index (χ3v) is 4.27. The number of nitrogens with zero attached hydrogens (tertiary/aromatic N) is 2. The Hall–Kier alpha value is -2.14. The molecule has 1 aromatic heterocycles. The van der Waals surface area contributed by atoms with Gasteiger partial charge in [0.15, 0.2) is 5.15 Å². The van der Waals surface area contributed by atoms with Crippen molar-refractivity contribution in [1.82, 2.24) is 10.2 Å². The average Bonchev–Trinajstić information content (AvgIpc) is 3.33. The number of halogens is 1. The van der Waals surface area contributed by atoms with Crippen molar-refractivity contribution in [2.45, 2.75) is 38.7 Å². The van der Waals surface area contributed by atoms with Gasteiger partial charge in [0.2, 0.25) is 0 Å². The van der Waals surface area contributed by atoms with Crippen molar-refractivity contribution in [3.8, 4) is 16.9 Å². The highest BCUT2D eigenvalue weighted by Gasteiger charge is 2.47. The summed E-state index contributed by atoms with van der Waals surface area (Å²) in [4.78, 5) is 12.3. The highest BCUT2D eigenvalue weighted by atomic mass is 35.5. The molecule has 1 aliphatic carbocycles. The number of rotatable bonds is 4. The summed E-state index contributed by atoms with van der Waals surface area (Å²) >= 11 is 5.93. The van der Waals surface area contributed by atoms with Gasteiger partial charge in [-0.3, -0.25) is 4.79 Å². The fourth-order valence-electron chi connectivity index (χ4n) is 2.88. The third-order valence-electron chi connectivity index (χ3n) is 4.09. The van der Waals surface area contributed by atoms with Gasteiger partial charge < -0.3 is 9.47 Å². The molecule has 25 heavy (non-hydrogen) atoms. The van der Waals surface area contributed by atoms with Crippen molar-refractivity contribution >= 4 is 17.6 Å². The van der Waals surface area contributed by atoms with Crippen LogP contribution in [0.15, 0.2) is 30.5 Å². The van der Waals surface area contributed by atoms with Crippen molar-refractivity contribution in [3.05, 3.63) is 41.2 Å². The first-order valence-electron chi connectivity index (χ1n) is 8.18. The predicted octanol–water partition coefficient (Wildman–Crippen LogP) is 4.25. The van der Waals surface area contributed by atoms with Crippen LogP contribution in [0.5, 0.6) is 5.75 Å². The number of carbonyl (C=O) groups excluding carboxylic acids is 1. The lowest BCUT2D eigenvalue weighted by molar-refractivity contribution is -0.156. The minimum Gasteiger partial charge on any atom is -0.496 e. The molecule has 0 saturated heterocycles. The molecule has 1 heterocycles. The van der Waals surface area contributed by atoms with Crippen LogP contribution in [-0.2, 0) is 9.53 Å². The molecule has 1 aliphatic rings. The van der Waals surface area contributed by atoms with Gasteiger partial charge in [-0.2, -0.15) is 5.10 Å². The van der Waals surface area contributed by atoms with E-state index in [0.717, 1.165) is 28.9 Å². The fraction of sp³-hybridized carbons (Fsp3) is 0.421. The van der Waals surface area contributed by atoms with E-state index in [1.165, 1.54) is 0 Å². The lowest BCUT2D eigenvalue weighted by Gasteiger charge is -2.19. The Balaban J connectivity index is 1.86. The molecule has 5 nitrogen and oxygen atoms in total. The Morgan fingerprint density at radius 2 is 2.00 bits per heavy atom. The molecule has 0 bridgehead atoms. The van der Waals surface area contributed by atoms with Crippen LogP contribution in [0.4, 0.5) is 0 Å². The van der Waals surface area contributed by atoms with E-state index in [0.29, 0.717) is 5.15 Å². The van der Waals surface area contributed by atoms with Gasteiger partial charge in [0.05, 0.1) is 19.2 Å². The van der Waals surface area contributed by atoms with E-state index in [4.69, 9.17) is 21.1 Å². The number of ether oxygens (including phenoxy) is 2. The average molecular weight is 361 g/mol. The van der Waals surface area contributed by atoms with Gasteiger partial charge in [0.1, 0.15) is 11.4 Å². The van der Waals surface area contributed by atoms with E-state index in [2.05, 4.69) is 10.2 Å². The summed E-state index contributed by atoms with van der Waals surface area (Å²) in [6.45, 7) is 5.64. The quantitative estimate of drug-likeness (QED) is 0.763. The van der Waals surface area contributed by atoms with Crippen LogP contribution in [0, 0.1) is 5.92 Å². The maximum atomic E-state index is 12.3. The molecule has 0 N–H and O–H groups in total. The lowest BCUT2D eigenvalue weighted by Crippen LogP contribution is -2.25. The standard InChI is InChI=1S/C19H21ClN2O3/c1-19(2,3)25-18(23)15-9-13(15)14-7-11(5-6-16(14)24-4)12-8-17(20)22-21-10-12/h5-8,10,13,15H,9H2,1-4H3. The van der Waals surface area contributed by atoms with Crippen LogP contribution in [-0.4, -0.2) is 28.9 Å². The van der Waals surface area contributed by atoms with Crippen LogP contribution in [0.3, 0.4) is 0 Å². The molecule has 3 rings (SSSR count). The van der Waals surface area contributed by atoms with Gasteiger partial charge >= 0.3 is 5.97 Å². The zero-order valence-electron chi connectivity index (χ0n) is 14.7. The molecule has 132 valence electrons. The zero-order valence-corrected chi connectivity index (χ0v) is 15.5. The normalized spacial score (nSPS) is 19.4. The van der Waals surface area contributed by atoms with Gasteiger partial charge in [-0.05, 0) is 56.5 Å². The molecular formula is C19H21ClN2O3. The molecule has 0 amide bonds. The Kier molecular flexibility index (Phi) is 4.69. The largest absolute Gasteiger partial charge is 0.496 e. The van der Waals surface area contributed by atoms with Gasteiger partial charge in [-0.25, -0.2) is 0 Å².